The molecule has 0 saturated heterocycles. The number of rotatable bonds is 0. The molecule has 3 aliphatic rings. The van der Waals surface area contributed by atoms with Crippen LogP contribution >= 0.6 is 0 Å². The fraction of sp³-hybridized carbons (Fsp3) is 0.688. The van der Waals surface area contributed by atoms with Gasteiger partial charge in [-0.15, -0.1) is 0 Å². The Labute approximate surface area is 217 Å². The largest absolute Gasteiger partial charge is 0.523 e. The maximum Gasteiger partial charge on any atom is 0.392 e. The molecule has 35 heavy (non-hydrogen) atoms. The van der Waals surface area contributed by atoms with E-state index >= 15 is 0 Å². The first-order valence-electron chi connectivity index (χ1n) is 13.5. The summed E-state index contributed by atoms with van der Waals surface area (Å²) in [5.41, 5.74) is 8.42. The third-order valence-electron chi connectivity index (χ3n) is 7.50. The Kier molecular flexibility index (Phi) is 6.96. The zero-order valence-electron chi connectivity index (χ0n) is 25.4. The average Bonchev–Trinajstić information content (AvgIpc) is 2.61. The monoisotopic (exact) mass is 496 g/mol. The van der Waals surface area contributed by atoms with Gasteiger partial charge >= 0.3 is 8.56 Å². The summed E-state index contributed by atoms with van der Waals surface area (Å²) in [4.78, 5) is 0. The van der Waals surface area contributed by atoms with Crippen molar-refractivity contribution >= 4 is 8.56 Å². The fourth-order valence-electron chi connectivity index (χ4n) is 5.41. The van der Waals surface area contributed by atoms with Crippen LogP contribution in [0, 0.1) is 27.6 Å². The highest BCUT2D eigenvalue weighted by Gasteiger charge is 2.45. The van der Waals surface area contributed by atoms with Crippen molar-refractivity contribution in [3.63, 3.8) is 0 Å². The van der Waals surface area contributed by atoms with Gasteiger partial charge in [-0.3, -0.25) is 0 Å². The number of hydrogen-bond donors (Lipinski definition) is 0. The van der Waals surface area contributed by atoms with E-state index in [4.69, 9.17) is 8.85 Å². The van der Waals surface area contributed by atoms with Crippen LogP contribution in [0.5, 0.6) is 0 Å². The Bertz CT molecular complexity index is 1030. The second kappa shape index (κ2) is 8.62. The maximum absolute atomic E-state index is 7.09. The van der Waals surface area contributed by atoms with Crippen LogP contribution in [0.4, 0.5) is 0 Å². The highest BCUT2D eigenvalue weighted by Crippen LogP contribution is 2.51. The number of fused-ring (bicyclic) bond motifs is 2. The van der Waals surface area contributed by atoms with Gasteiger partial charge in [0.05, 0.1) is 11.9 Å². The first kappa shape index (κ1) is 28.3. The summed E-state index contributed by atoms with van der Waals surface area (Å²) in [6.45, 7) is 34.6. The van der Waals surface area contributed by atoms with Gasteiger partial charge in [-0.2, -0.15) is 0 Å². The third kappa shape index (κ3) is 5.82. The highest BCUT2D eigenvalue weighted by molar-refractivity contribution is 6.65. The molecule has 0 spiro atoms. The molecule has 1 aliphatic heterocycles. The quantitative estimate of drug-likeness (QED) is 0.311. The fourth-order valence-corrected chi connectivity index (χ4v) is 7.19. The molecule has 0 bridgehead atoms. The first-order chi connectivity index (χ1) is 15.5. The first-order valence-corrected chi connectivity index (χ1v) is 16.4. The molecule has 0 radical (unpaired) electrons. The molecule has 2 aliphatic carbocycles. The minimum atomic E-state index is -2.50. The van der Waals surface area contributed by atoms with E-state index in [1.807, 2.05) is 0 Å². The smallest absolute Gasteiger partial charge is 0.392 e. The molecule has 196 valence electrons. The van der Waals surface area contributed by atoms with E-state index in [9.17, 15) is 0 Å². The van der Waals surface area contributed by atoms with Crippen molar-refractivity contribution in [2.75, 3.05) is 0 Å². The van der Waals surface area contributed by atoms with Crippen molar-refractivity contribution in [2.24, 2.45) is 27.6 Å². The van der Waals surface area contributed by atoms with E-state index in [0.717, 1.165) is 12.2 Å². The summed E-state index contributed by atoms with van der Waals surface area (Å²) in [6.07, 6.45) is 8.39. The maximum atomic E-state index is 7.09. The van der Waals surface area contributed by atoms with Crippen molar-refractivity contribution in [2.45, 2.75) is 116 Å². The van der Waals surface area contributed by atoms with E-state index < -0.39 is 8.56 Å². The second-order valence-electron chi connectivity index (χ2n) is 15.6. The molecule has 2 nitrogen and oxygen atoms in total. The molecule has 0 fully saturated rings. The van der Waals surface area contributed by atoms with Crippen molar-refractivity contribution in [1.82, 2.24) is 0 Å². The second-order valence-corrected chi connectivity index (χ2v) is 18.8. The Hall–Kier alpha value is -1.32. The molecule has 0 aromatic carbocycles. The molecule has 3 rings (SSSR count). The van der Waals surface area contributed by atoms with Crippen LogP contribution < -0.4 is 0 Å². The van der Waals surface area contributed by atoms with Gasteiger partial charge in [-0.25, -0.2) is 0 Å². The van der Waals surface area contributed by atoms with Crippen LogP contribution in [0.1, 0.15) is 96.4 Å². The lowest BCUT2D eigenvalue weighted by molar-refractivity contribution is 0.147. The van der Waals surface area contributed by atoms with Gasteiger partial charge in [0.15, 0.2) is 0 Å². The standard InChI is InChI=1S/C32H52O2Si/c1-20-16-21(29(2,3)4)18-24-26(20)23-17-22(30(5,6)7)19-25(31(8,9)10)27(23)33-35(14,15)34-28(24)32(11,12)13/h17-20,27H,16H2,1-15H3. The van der Waals surface area contributed by atoms with Gasteiger partial charge in [-0.05, 0) is 64.0 Å². The summed E-state index contributed by atoms with van der Waals surface area (Å²) in [5, 5.41) is 0. The van der Waals surface area contributed by atoms with Crippen molar-refractivity contribution < 1.29 is 8.85 Å². The number of hydrogen-bond acceptors (Lipinski definition) is 2. The molecule has 1 heterocycles. The molecule has 0 saturated carbocycles. The van der Waals surface area contributed by atoms with Crippen LogP contribution in [-0.4, -0.2) is 14.7 Å². The predicted molar refractivity (Wildman–Crippen MR) is 153 cm³/mol. The number of allylic oxidation sites excluding steroid dienone is 7. The van der Waals surface area contributed by atoms with E-state index in [0.29, 0.717) is 5.92 Å². The topological polar surface area (TPSA) is 18.5 Å². The Morgan fingerprint density at radius 3 is 1.77 bits per heavy atom. The lowest BCUT2D eigenvalue weighted by atomic mass is 9.67. The van der Waals surface area contributed by atoms with Crippen molar-refractivity contribution in [1.29, 1.82) is 0 Å². The predicted octanol–water partition coefficient (Wildman–Crippen LogP) is 9.67. The molecular weight excluding hydrogens is 444 g/mol. The summed E-state index contributed by atoms with van der Waals surface area (Å²) in [5.74, 6) is 1.49. The van der Waals surface area contributed by atoms with Crippen LogP contribution in [0.2, 0.25) is 13.1 Å². The van der Waals surface area contributed by atoms with E-state index in [2.05, 4.69) is 121 Å². The average molecular weight is 497 g/mol. The van der Waals surface area contributed by atoms with Gasteiger partial charge in [0, 0.05) is 11.0 Å². The Balaban J connectivity index is 2.52. The highest BCUT2D eigenvalue weighted by atomic mass is 28.4. The zero-order chi connectivity index (χ0) is 26.9. The molecule has 0 aromatic rings. The Morgan fingerprint density at radius 2 is 1.31 bits per heavy atom. The van der Waals surface area contributed by atoms with E-state index in [-0.39, 0.29) is 27.8 Å². The van der Waals surface area contributed by atoms with E-state index in [1.54, 1.807) is 0 Å². The summed E-state index contributed by atoms with van der Waals surface area (Å²) >= 11 is 0. The summed E-state index contributed by atoms with van der Waals surface area (Å²) in [7, 11) is -2.50. The van der Waals surface area contributed by atoms with Crippen molar-refractivity contribution in [3.05, 3.63) is 57.4 Å². The summed E-state index contributed by atoms with van der Waals surface area (Å²) < 4.78 is 14.1. The van der Waals surface area contributed by atoms with Gasteiger partial charge < -0.3 is 8.85 Å². The lowest BCUT2D eigenvalue weighted by Crippen LogP contribution is -2.46. The molecule has 0 amide bonds. The molecule has 2 atom stereocenters. The molecule has 2 unspecified atom stereocenters. The summed E-state index contributed by atoms with van der Waals surface area (Å²) in [6, 6.07) is 0. The van der Waals surface area contributed by atoms with Gasteiger partial charge in [-0.1, -0.05) is 114 Å². The van der Waals surface area contributed by atoms with Gasteiger partial charge in [0.1, 0.15) is 0 Å². The Morgan fingerprint density at radius 1 is 0.743 bits per heavy atom. The van der Waals surface area contributed by atoms with Crippen molar-refractivity contribution in [3.8, 4) is 0 Å². The van der Waals surface area contributed by atoms with Crippen LogP contribution in [-0.2, 0) is 8.85 Å². The SMILES string of the molecule is CC1CC(C(C)(C)C)=CC2=C(C(C)(C)C)O[Si](C)(C)OC3C(C(C)(C)C)=CC(C(C)(C)C)=CC3=C21. The molecule has 0 aromatic heterocycles. The van der Waals surface area contributed by atoms with Crippen LogP contribution in [0.3, 0.4) is 0 Å². The van der Waals surface area contributed by atoms with Crippen LogP contribution in [0.25, 0.3) is 0 Å². The molecule has 3 heteroatoms. The normalized spacial score (nSPS) is 26.1. The van der Waals surface area contributed by atoms with Crippen LogP contribution in [0.15, 0.2) is 57.4 Å². The minimum Gasteiger partial charge on any atom is -0.523 e. The minimum absolute atomic E-state index is 0.00797. The third-order valence-corrected chi connectivity index (χ3v) is 9.00. The van der Waals surface area contributed by atoms with Gasteiger partial charge in [0.2, 0.25) is 0 Å². The zero-order valence-corrected chi connectivity index (χ0v) is 26.4. The van der Waals surface area contributed by atoms with E-state index in [1.165, 1.54) is 33.4 Å². The van der Waals surface area contributed by atoms with Gasteiger partial charge in [0.25, 0.3) is 0 Å². The molecule has 0 N–H and O–H groups in total. The molecular formula is C32H52O2Si. The lowest BCUT2D eigenvalue weighted by Gasteiger charge is -2.46.